The molecule has 0 saturated carbocycles. The van der Waals surface area contributed by atoms with Crippen molar-refractivity contribution >= 4 is 62.2 Å². The van der Waals surface area contributed by atoms with Crippen molar-refractivity contribution in [2.24, 2.45) is 0 Å². The molecular weight excluding hydrogens is 324 g/mol. The molecular formula is C10H20Cl4P2. The maximum absolute atomic E-state index is 6.49. The van der Waals surface area contributed by atoms with Gasteiger partial charge in [-0.3, -0.25) is 0 Å². The monoisotopic (exact) mass is 342 g/mol. The van der Waals surface area contributed by atoms with E-state index >= 15 is 0 Å². The third-order valence-electron chi connectivity index (χ3n) is 2.68. The van der Waals surface area contributed by atoms with Gasteiger partial charge in [0, 0.05) is 0 Å². The fourth-order valence-electron chi connectivity index (χ4n) is 1.62. The second kappa shape index (κ2) is 7.57. The first-order valence-electron chi connectivity index (χ1n) is 5.55. The van der Waals surface area contributed by atoms with Crippen LogP contribution >= 0.6 is 62.2 Å². The van der Waals surface area contributed by atoms with Crippen LogP contribution in [0.4, 0.5) is 0 Å². The zero-order valence-electron chi connectivity index (χ0n) is 10.2. The zero-order valence-corrected chi connectivity index (χ0v) is 15.0. The highest BCUT2D eigenvalue weighted by atomic mass is 35.5. The maximum Gasteiger partial charge on any atom is 0.172 e. The Morgan fingerprint density at radius 1 is 0.625 bits per heavy atom. The molecule has 0 saturated heterocycles. The average Bonchev–Trinajstić information content (AvgIpc) is 2.20. The van der Waals surface area contributed by atoms with Crippen molar-refractivity contribution in [2.75, 3.05) is 24.6 Å². The lowest BCUT2D eigenvalue weighted by Gasteiger charge is -2.43. The Bertz CT molecular complexity index is 179. The van der Waals surface area contributed by atoms with E-state index in [0.29, 0.717) is 0 Å². The maximum atomic E-state index is 6.49. The van der Waals surface area contributed by atoms with E-state index in [-0.39, 0.29) is 0 Å². The number of halogens is 4. The summed E-state index contributed by atoms with van der Waals surface area (Å²) in [5.74, 6) is 0. The van der Waals surface area contributed by atoms with E-state index in [1.165, 1.54) is 0 Å². The molecule has 0 heterocycles. The highest BCUT2D eigenvalue weighted by Crippen LogP contribution is 2.73. The minimum Gasteiger partial charge on any atom is -0.0928 e. The lowest BCUT2D eigenvalue weighted by Crippen LogP contribution is -2.35. The van der Waals surface area contributed by atoms with Crippen molar-refractivity contribution in [3.63, 3.8) is 0 Å². The summed E-state index contributed by atoms with van der Waals surface area (Å²) in [4.78, 5) is 0. The summed E-state index contributed by atoms with van der Waals surface area (Å²) in [7, 11) is -1.10. The molecule has 0 aromatic carbocycles. The van der Waals surface area contributed by atoms with Crippen molar-refractivity contribution in [1.29, 1.82) is 0 Å². The van der Waals surface area contributed by atoms with E-state index in [4.69, 9.17) is 46.4 Å². The van der Waals surface area contributed by atoms with Gasteiger partial charge >= 0.3 is 0 Å². The summed E-state index contributed by atoms with van der Waals surface area (Å²) in [5, 5.41) is 0. The topological polar surface area (TPSA) is 0 Å². The molecule has 0 nitrogen and oxygen atoms in total. The van der Waals surface area contributed by atoms with Gasteiger partial charge in [-0.15, -0.1) is 0 Å². The Kier molecular flexibility index (Phi) is 8.53. The molecule has 0 bridgehead atoms. The SMILES string of the molecule is CCP(CC)C(Cl)(Cl)C(Cl)(Cl)P(CC)CC. The summed E-state index contributed by atoms with van der Waals surface area (Å²) in [6.45, 7) is 8.38. The van der Waals surface area contributed by atoms with Crippen molar-refractivity contribution in [1.82, 2.24) is 0 Å². The summed E-state index contributed by atoms with van der Waals surface area (Å²) in [6, 6.07) is 0. The van der Waals surface area contributed by atoms with E-state index in [1.54, 1.807) is 0 Å². The Morgan fingerprint density at radius 2 is 0.812 bits per heavy atom. The predicted molar refractivity (Wildman–Crippen MR) is 84.9 cm³/mol. The van der Waals surface area contributed by atoms with Gasteiger partial charge in [0.25, 0.3) is 0 Å². The van der Waals surface area contributed by atoms with Gasteiger partial charge in [-0.2, -0.15) is 0 Å². The molecule has 0 aromatic rings. The molecule has 16 heavy (non-hydrogen) atoms. The van der Waals surface area contributed by atoms with E-state index in [1.807, 2.05) is 0 Å². The van der Waals surface area contributed by atoms with E-state index < -0.39 is 24.0 Å². The molecule has 0 rings (SSSR count). The fourth-order valence-corrected chi connectivity index (χ4v) is 10.0. The summed E-state index contributed by atoms with van der Waals surface area (Å²) in [5.41, 5.74) is 0. The van der Waals surface area contributed by atoms with Crippen LogP contribution in [0.5, 0.6) is 0 Å². The number of rotatable bonds is 7. The third-order valence-corrected chi connectivity index (χ3v) is 13.1. The first-order valence-corrected chi connectivity index (χ1v) is 10.5. The Labute approximate surface area is 122 Å². The van der Waals surface area contributed by atoms with Crippen LogP contribution in [0.2, 0.25) is 0 Å². The molecule has 0 spiro atoms. The minimum absolute atomic E-state index is 0.548. The highest BCUT2D eigenvalue weighted by Gasteiger charge is 2.54. The van der Waals surface area contributed by atoms with Gasteiger partial charge in [0.2, 0.25) is 0 Å². The summed E-state index contributed by atoms with van der Waals surface area (Å²) >= 11 is 26.0. The molecule has 0 unspecified atom stereocenters. The van der Waals surface area contributed by atoms with Gasteiger partial charge in [0.1, 0.15) is 0 Å². The number of alkyl halides is 4. The molecule has 0 aliphatic rings. The normalized spacial score (nSPS) is 13.9. The van der Waals surface area contributed by atoms with Crippen LogP contribution in [-0.2, 0) is 0 Å². The molecule has 0 atom stereocenters. The Hall–Kier alpha value is 2.02. The molecule has 0 fully saturated rings. The van der Waals surface area contributed by atoms with Crippen LogP contribution in [0, 0.1) is 0 Å². The number of hydrogen-bond acceptors (Lipinski definition) is 0. The van der Waals surface area contributed by atoms with E-state index in [2.05, 4.69) is 27.7 Å². The van der Waals surface area contributed by atoms with Crippen molar-refractivity contribution < 1.29 is 0 Å². The lowest BCUT2D eigenvalue weighted by atomic mass is 10.9. The van der Waals surface area contributed by atoms with Gasteiger partial charge in [-0.25, -0.2) is 0 Å². The van der Waals surface area contributed by atoms with Crippen molar-refractivity contribution in [3.8, 4) is 0 Å². The van der Waals surface area contributed by atoms with Crippen LogP contribution in [0.3, 0.4) is 0 Å². The second-order valence-electron chi connectivity index (χ2n) is 3.43. The minimum atomic E-state index is -0.993. The van der Waals surface area contributed by atoms with Gasteiger partial charge in [-0.1, -0.05) is 89.9 Å². The zero-order chi connectivity index (χ0) is 13.0. The predicted octanol–water partition coefficient (Wildman–Crippen LogP) is 6.29. The van der Waals surface area contributed by atoms with Gasteiger partial charge in [0.05, 0.1) is 0 Å². The standard InChI is InChI=1S/C10H20Cl4P2/c1-5-15(6-2)9(11,12)10(13,14)16(7-3)8-4/h5-8H2,1-4H3. The summed E-state index contributed by atoms with van der Waals surface area (Å²) in [6.07, 6.45) is 3.82. The molecule has 0 N–H and O–H groups in total. The summed E-state index contributed by atoms with van der Waals surface area (Å²) < 4.78 is -1.99. The molecule has 0 aliphatic heterocycles. The van der Waals surface area contributed by atoms with Crippen molar-refractivity contribution in [2.45, 2.75) is 35.8 Å². The number of hydrogen-bond donors (Lipinski definition) is 0. The fraction of sp³-hybridized carbons (Fsp3) is 1.00. The average molecular weight is 344 g/mol. The Morgan fingerprint density at radius 3 is 0.938 bits per heavy atom. The quantitative estimate of drug-likeness (QED) is 0.376. The smallest absolute Gasteiger partial charge is 0.0928 e. The largest absolute Gasteiger partial charge is 0.172 e. The van der Waals surface area contributed by atoms with Gasteiger partial charge < -0.3 is 0 Å². The van der Waals surface area contributed by atoms with Crippen LogP contribution in [0.15, 0.2) is 0 Å². The van der Waals surface area contributed by atoms with E-state index in [9.17, 15) is 0 Å². The van der Waals surface area contributed by atoms with Crippen LogP contribution in [0.25, 0.3) is 0 Å². The molecule has 0 aromatic heterocycles. The van der Waals surface area contributed by atoms with E-state index in [0.717, 1.165) is 24.6 Å². The molecule has 0 aliphatic carbocycles. The third kappa shape index (κ3) is 3.76. The Balaban J connectivity index is 5.08. The highest BCUT2D eigenvalue weighted by molar-refractivity contribution is 7.70. The molecule has 98 valence electrons. The second-order valence-corrected chi connectivity index (χ2v) is 13.2. The van der Waals surface area contributed by atoms with Crippen LogP contribution in [-0.4, -0.2) is 32.8 Å². The molecule has 6 heteroatoms. The molecule has 0 radical (unpaired) electrons. The first kappa shape index (κ1) is 18.0. The van der Waals surface area contributed by atoms with Gasteiger partial charge in [0.15, 0.2) is 8.15 Å². The lowest BCUT2D eigenvalue weighted by molar-refractivity contribution is 1.06. The van der Waals surface area contributed by atoms with Crippen molar-refractivity contribution in [3.05, 3.63) is 0 Å². The van der Waals surface area contributed by atoms with Crippen LogP contribution in [0.1, 0.15) is 27.7 Å². The first-order chi connectivity index (χ1) is 7.29. The van der Waals surface area contributed by atoms with Gasteiger partial charge in [-0.05, 0) is 24.6 Å². The molecule has 0 amide bonds. The van der Waals surface area contributed by atoms with Crippen LogP contribution < -0.4 is 0 Å².